The molecule has 1 aliphatic heterocycles. The van der Waals surface area contributed by atoms with Crippen molar-refractivity contribution in [2.75, 3.05) is 0 Å². The number of hydrogen-bond donors (Lipinski definition) is 0. The van der Waals surface area contributed by atoms with Crippen LogP contribution in [-0.4, -0.2) is 11.1 Å². The van der Waals surface area contributed by atoms with Gasteiger partial charge in [-0.2, -0.15) is 0 Å². The molecular weight excluding hydrogens is 180 g/mol. The first kappa shape index (κ1) is 8.87. The summed E-state index contributed by atoms with van der Waals surface area (Å²) < 4.78 is 0. The zero-order chi connectivity index (χ0) is 10.3. The molecule has 0 atom stereocenters. The van der Waals surface area contributed by atoms with E-state index in [9.17, 15) is 10.1 Å². The Labute approximate surface area is 81.4 Å². The van der Waals surface area contributed by atoms with Crippen LogP contribution in [0.5, 0.6) is 0 Å². The molecule has 0 fully saturated rings. The number of rotatable bonds is 1. The summed E-state index contributed by atoms with van der Waals surface area (Å²) in [4.78, 5) is 14.3. The lowest BCUT2D eigenvalue weighted by Gasteiger charge is -2.14. The van der Waals surface area contributed by atoms with Crippen molar-refractivity contribution in [3.05, 3.63) is 33.9 Å². The van der Waals surface area contributed by atoms with Gasteiger partial charge >= 0.3 is 0 Å². The minimum Gasteiger partial charge on any atom is -0.260 e. The molecule has 4 nitrogen and oxygen atoms in total. The topological polar surface area (TPSA) is 55.5 Å². The first-order valence-corrected chi connectivity index (χ1v) is 4.35. The molecule has 14 heavy (non-hydrogen) atoms. The van der Waals surface area contributed by atoms with Crippen LogP contribution in [0.1, 0.15) is 19.4 Å². The Kier molecular flexibility index (Phi) is 1.67. The van der Waals surface area contributed by atoms with Gasteiger partial charge in [0.15, 0.2) is 0 Å². The Balaban J connectivity index is 2.55. The molecule has 0 amide bonds. The van der Waals surface area contributed by atoms with Crippen molar-refractivity contribution in [1.82, 2.24) is 0 Å². The highest BCUT2D eigenvalue weighted by Gasteiger charge is 2.27. The van der Waals surface area contributed by atoms with Gasteiger partial charge in [0.05, 0.1) is 10.6 Å². The van der Waals surface area contributed by atoms with Crippen molar-refractivity contribution < 1.29 is 4.92 Å². The molecule has 1 heterocycles. The van der Waals surface area contributed by atoms with Crippen molar-refractivity contribution in [1.29, 1.82) is 0 Å². The van der Waals surface area contributed by atoms with Gasteiger partial charge in [0.1, 0.15) is 0 Å². The summed E-state index contributed by atoms with van der Waals surface area (Å²) in [7, 11) is 0. The van der Waals surface area contributed by atoms with E-state index in [0.29, 0.717) is 5.69 Å². The number of hydrogen-bond acceptors (Lipinski definition) is 3. The van der Waals surface area contributed by atoms with E-state index in [2.05, 4.69) is 4.99 Å². The molecule has 72 valence electrons. The number of nitro benzene ring substituents is 1. The van der Waals surface area contributed by atoms with Gasteiger partial charge in [0.2, 0.25) is 0 Å². The maximum atomic E-state index is 10.5. The highest BCUT2D eigenvalue weighted by molar-refractivity contribution is 5.84. The summed E-state index contributed by atoms with van der Waals surface area (Å²) >= 11 is 0. The number of nitrogens with zero attached hydrogens (tertiary/aromatic N) is 2. The van der Waals surface area contributed by atoms with Crippen LogP contribution in [0.4, 0.5) is 11.4 Å². The molecule has 2 rings (SSSR count). The third-order valence-corrected chi connectivity index (χ3v) is 2.41. The lowest BCUT2D eigenvalue weighted by molar-refractivity contribution is -0.384. The molecular formula is C10H10N2O2. The normalized spacial score (nSPS) is 16.7. The van der Waals surface area contributed by atoms with Gasteiger partial charge in [-0.15, -0.1) is 0 Å². The Morgan fingerprint density at radius 3 is 2.79 bits per heavy atom. The van der Waals surface area contributed by atoms with Gasteiger partial charge in [-0.1, -0.05) is 13.8 Å². The summed E-state index contributed by atoms with van der Waals surface area (Å²) in [5.41, 5.74) is 1.75. The number of benzene rings is 1. The van der Waals surface area contributed by atoms with E-state index in [1.54, 1.807) is 6.07 Å². The fourth-order valence-electron chi connectivity index (χ4n) is 1.59. The van der Waals surface area contributed by atoms with Crippen LogP contribution < -0.4 is 0 Å². The van der Waals surface area contributed by atoms with Crippen LogP contribution >= 0.6 is 0 Å². The van der Waals surface area contributed by atoms with E-state index in [4.69, 9.17) is 0 Å². The smallest absolute Gasteiger partial charge is 0.260 e. The first-order chi connectivity index (χ1) is 6.50. The molecule has 4 heteroatoms. The molecule has 0 saturated carbocycles. The van der Waals surface area contributed by atoms with Crippen molar-refractivity contribution in [2.24, 2.45) is 4.99 Å². The van der Waals surface area contributed by atoms with Crippen LogP contribution in [0.25, 0.3) is 0 Å². The lowest BCUT2D eigenvalue weighted by Crippen LogP contribution is -2.14. The monoisotopic (exact) mass is 190 g/mol. The Morgan fingerprint density at radius 1 is 1.43 bits per heavy atom. The van der Waals surface area contributed by atoms with E-state index >= 15 is 0 Å². The maximum Gasteiger partial charge on any atom is 0.271 e. The van der Waals surface area contributed by atoms with Crippen LogP contribution in [0.2, 0.25) is 0 Å². The Morgan fingerprint density at radius 2 is 2.14 bits per heavy atom. The van der Waals surface area contributed by atoms with Crippen LogP contribution in [0, 0.1) is 10.1 Å². The van der Waals surface area contributed by atoms with Crippen molar-refractivity contribution >= 4 is 17.6 Å². The van der Waals surface area contributed by atoms with E-state index in [-0.39, 0.29) is 11.1 Å². The molecule has 0 bridgehead atoms. The fourth-order valence-corrected chi connectivity index (χ4v) is 1.59. The molecule has 0 spiro atoms. The SMILES string of the molecule is CC1(C)C=Nc2cc([N+](=O)[O-])ccc21. The fraction of sp³-hybridized carbons (Fsp3) is 0.300. The lowest BCUT2D eigenvalue weighted by atomic mass is 9.87. The molecule has 1 aromatic carbocycles. The van der Waals surface area contributed by atoms with E-state index in [0.717, 1.165) is 5.56 Å². The molecule has 0 unspecified atom stereocenters. The zero-order valence-electron chi connectivity index (χ0n) is 8.02. The third-order valence-electron chi connectivity index (χ3n) is 2.41. The predicted molar refractivity (Wildman–Crippen MR) is 54.3 cm³/mol. The Bertz CT molecular complexity index is 436. The summed E-state index contributed by atoms with van der Waals surface area (Å²) in [6.07, 6.45) is 1.82. The minimum atomic E-state index is -0.402. The number of aliphatic imine (C=N–C) groups is 1. The maximum absolute atomic E-state index is 10.5. The van der Waals surface area contributed by atoms with Crippen LogP contribution in [0.15, 0.2) is 23.2 Å². The highest BCUT2D eigenvalue weighted by Crippen LogP contribution is 2.38. The van der Waals surface area contributed by atoms with E-state index < -0.39 is 4.92 Å². The molecule has 0 aliphatic carbocycles. The first-order valence-electron chi connectivity index (χ1n) is 4.35. The van der Waals surface area contributed by atoms with Gasteiger partial charge in [0, 0.05) is 23.8 Å². The molecule has 0 radical (unpaired) electrons. The van der Waals surface area contributed by atoms with Crippen molar-refractivity contribution in [2.45, 2.75) is 19.3 Å². The summed E-state index contributed by atoms with van der Waals surface area (Å²) in [5.74, 6) is 0. The molecule has 0 N–H and O–H groups in total. The number of fused-ring (bicyclic) bond motifs is 1. The summed E-state index contributed by atoms with van der Waals surface area (Å²) in [6, 6.07) is 4.82. The second-order valence-electron chi connectivity index (χ2n) is 3.94. The quantitative estimate of drug-likeness (QED) is 0.504. The Hall–Kier alpha value is -1.71. The van der Waals surface area contributed by atoms with Crippen LogP contribution in [-0.2, 0) is 5.41 Å². The van der Waals surface area contributed by atoms with Crippen molar-refractivity contribution in [3.63, 3.8) is 0 Å². The molecule has 0 saturated heterocycles. The van der Waals surface area contributed by atoms with Crippen LogP contribution in [0.3, 0.4) is 0 Å². The van der Waals surface area contributed by atoms with Gasteiger partial charge in [-0.25, -0.2) is 0 Å². The molecule has 0 aromatic heterocycles. The third kappa shape index (κ3) is 1.19. The average molecular weight is 190 g/mol. The molecule has 1 aliphatic rings. The molecule has 1 aromatic rings. The second kappa shape index (κ2) is 2.64. The standard InChI is InChI=1S/C10H10N2O2/c1-10(2)6-11-9-5-7(12(13)14)3-4-8(9)10/h3-6H,1-2H3. The van der Waals surface area contributed by atoms with Gasteiger partial charge in [-0.3, -0.25) is 15.1 Å². The van der Waals surface area contributed by atoms with Crippen molar-refractivity contribution in [3.8, 4) is 0 Å². The van der Waals surface area contributed by atoms with Gasteiger partial charge in [-0.05, 0) is 11.6 Å². The second-order valence-corrected chi connectivity index (χ2v) is 3.94. The predicted octanol–water partition coefficient (Wildman–Crippen LogP) is 2.59. The highest BCUT2D eigenvalue weighted by atomic mass is 16.6. The van der Waals surface area contributed by atoms with Gasteiger partial charge in [0.25, 0.3) is 5.69 Å². The van der Waals surface area contributed by atoms with E-state index in [1.807, 2.05) is 20.1 Å². The summed E-state index contributed by atoms with van der Waals surface area (Å²) in [6.45, 7) is 4.07. The van der Waals surface area contributed by atoms with Gasteiger partial charge < -0.3 is 0 Å². The summed E-state index contributed by atoms with van der Waals surface area (Å²) in [5, 5.41) is 10.5. The largest absolute Gasteiger partial charge is 0.271 e. The number of non-ortho nitro benzene ring substituents is 1. The zero-order valence-corrected chi connectivity index (χ0v) is 8.02. The minimum absolute atomic E-state index is 0.0959. The average Bonchev–Trinajstić information content (AvgIpc) is 2.42. The number of nitro groups is 1. The van der Waals surface area contributed by atoms with E-state index in [1.165, 1.54) is 12.1 Å².